The minimum absolute atomic E-state index is 0.0644. The van der Waals surface area contributed by atoms with E-state index in [1.807, 2.05) is 27.7 Å². The summed E-state index contributed by atoms with van der Waals surface area (Å²) in [7, 11) is 0. The van der Waals surface area contributed by atoms with Crippen LogP contribution < -0.4 is 5.32 Å². The molecular weight excluding hydrogens is 462 g/mol. The van der Waals surface area contributed by atoms with E-state index in [0.717, 1.165) is 44.5 Å². The Morgan fingerprint density at radius 3 is 1.89 bits per heavy atom. The smallest absolute Gasteiger partial charge is 0.337 e. The Morgan fingerprint density at radius 1 is 0.865 bits per heavy atom. The molecule has 0 fully saturated rings. The van der Waals surface area contributed by atoms with Gasteiger partial charge >= 0.3 is 5.97 Å². The lowest BCUT2D eigenvalue weighted by molar-refractivity contribution is -0.160. The highest BCUT2D eigenvalue weighted by Gasteiger charge is 2.36. The van der Waals surface area contributed by atoms with Crippen LogP contribution in [0.1, 0.15) is 72.2 Å². The lowest BCUT2D eigenvalue weighted by Gasteiger charge is -2.33. The fourth-order valence-corrected chi connectivity index (χ4v) is 5.19. The van der Waals surface area contributed by atoms with Crippen LogP contribution in [0.25, 0.3) is 22.3 Å². The number of hydrogen-bond acceptors (Lipinski definition) is 3. The quantitative estimate of drug-likeness (QED) is 0.384. The van der Waals surface area contributed by atoms with Crippen molar-refractivity contribution < 1.29 is 19.4 Å². The third kappa shape index (κ3) is 5.19. The number of carboxylic acids is 1. The summed E-state index contributed by atoms with van der Waals surface area (Å²) in [4.78, 5) is 25.4. The number of anilines is 1. The van der Waals surface area contributed by atoms with Gasteiger partial charge in [0.25, 0.3) is 0 Å². The molecule has 1 amide bonds. The van der Waals surface area contributed by atoms with Gasteiger partial charge in [-0.25, -0.2) is 4.79 Å². The van der Waals surface area contributed by atoms with Crippen LogP contribution in [-0.2, 0) is 20.7 Å². The van der Waals surface area contributed by atoms with Gasteiger partial charge in [-0.05, 0) is 112 Å². The van der Waals surface area contributed by atoms with Gasteiger partial charge in [0.1, 0.15) is 0 Å². The molecule has 0 saturated heterocycles. The highest BCUT2D eigenvalue weighted by molar-refractivity contribution is 6.03. The Balaban J connectivity index is 2.17. The molecule has 0 spiro atoms. The molecular formula is C32H37NO4. The first-order valence-corrected chi connectivity index (χ1v) is 12.8. The van der Waals surface area contributed by atoms with E-state index in [-0.39, 0.29) is 5.91 Å². The zero-order valence-corrected chi connectivity index (χ0v) is 23.1. The lowest BCUT2D eigenvalue weighted by Crippen LogP contribution is -2.30. The first kappa shape index (κ1) is 26.6. The zero-order chi connectivity index (χ0) is 27.2. The maximum absolute atomic E-state index is 12.8. The molecule has 1 aliphatic rings. The Bertz CT molecular complexity index is 1410. The van der Waals surface area contributed by atoms with E-state index in [1.165, 1.54) is 11.1 Å². The first-order valence-electron chi connectivity index (χ1n) is 12.8. The van der Waals surface area contributed by atoms with E-state index in [1.54, 1.807) is 0 Å². The summed E-state index contributed by atoms with van der Waals surface area (Å²) < 4.78 is 6.22. The van der Waals surface area contributed by atoms with Gasteiger partial charge in [0.2, 0.25) is 5.91 Å². The molecule has 0 bridgehead atoms. The van der Waals surface area contributed by atoms with Crippen molar-refractivity contribution in [2.75, 3.05) is 5.32 Å². The topological polar surface area (TPSA) is 75.6 Å². The molecule has 0 unspecified atom stereocenters. The number of rotatable bonds is 5. The van der Waals surface area contributed by atoms with Crippen LogP contribution in [-0.4, -0.2) is 22.6 Å². The Kier molecular flexibility index (Phi) is 7.04. The van der Waals surface area contributed by atoms with Crippen molar-refractivity contribution in [1.29, 1.82) is 0 Å². The highest BCUT2D eigenvalue weighted by atomic mass is 16.5. The molecule has 1 atom stereocenters. The van der Waals surface area contributed by atoms with Gasteiger partial charge < -0.3 is 15.2 Å². The normalized spacial score (nSPS) is 14.2. The summed E-state index contributed by atoms with van der Waals surface area (Å²) in [6, 6.07) is 12.6. The van der Waals surface area contributed by atoms with Gasteiger partial charge in [0.15, 0.2) is 6.10 Å². The molecule has 37 heavy (non-hydrogen) atoms. The van der Waals surface area contributed by atoms with E-state index < -0.39 is 17.7 Å². The molecule has 1 heterocycles. The Hall–Kier alpha value is -3.44. The number of fused-ring (bicyclic) bond motifs is 1. The van der Waals surface area contributed by atoms with E-state index >= 15 is 0 Å². The molecule has 0 saturated carbocycles. The van der Waals surface area contributed by atoms with Gasteiger partial charge in [0, 0.05) is 17.5 Å². The van der Waals surface area contributed by atoms with Crippen molar-refractivity contribution in [3.63, 3.8) is 0 Å². The van der Waals surface area contributed by atoms with Crippen LogP contribution in [0, 0.1) is 34.6 Å². The van der Waals surface area contributed by atoms with E-state index in [0.29, 0.717) is 24.1 Å². The molecule has 1 aliphatic heterocycles. The van der Waals surface area contributed by atoms with E-state index in [4.69, 9.17) is 4.74 Å². The number of carbonyl (C=O) groups excluding carboxylic acids is 1. The average molecular weight is 500 g/mol. The minimum Gasteiger partial charge on any atom is -0.479 e. The largest absolute Gasteiger partial charge is 0.479 e. The van der Waals surface area contributed by atoms with Crippen LogP contribution in [0.2, 0.25) is 0 Å². The van der Waals surface area contributed by atoms with Crippen LogP contribution in [0.15, 0.2) is 36.4 Å². The number of nitrogens with one attached hydrogen (secondary N) is 1. The van der Waals surface area contributed by atoms with E-state index in [2.05, 4.69) is 69.4 Å². The standard InChI is InChI=1S/C32H37NO4/c1-17-9-11-22(15-19(17)3)26-21(5)27(23-12-10-18(2)20(4)16-23)29-24(13-14-25(34)33-29)28(26)30(31(35)36)37-32(6,7)8/h9-12,15-16,30H,13-14H2,1-8H3,(H,33,34)(H,35,36)/t30-/m1/s1. The fraction of sp³-hybridized carbons (Fsp3) is 0.375. The fourth-order valence-electron chi connectivity index (χ4n) is 5.19. The van der Waals surface area contributed by atoms with Gasteiger partial charge in [-0.1, -0.05) is 36.4 Å². The predicted octanol–water partition coefficient (Wildman–Crippen LogP) is 7.39. The summed E-state index contributed by atoms with van der Waals surface area (Å²) in [6.45, 7) is 15.9. The molecule has 194 valence electrons. The summed E-state index contributed by atoms with van der Waals surface area (Å²) in [6.07, 6.45) is -0.444. The van der Waals surface area contributed by atoms with Crippen LogP contribution >= 0.6 is 0 Å². The summed E-state index contributed by atoms with van der Waals surface area (Å²) in [5.74, 6) is -1.11. The number of aliphatic carboxylic acids is 1. The molecule has 5 heteroatoms. The molecule has 3 aromatic carbocycles. The van der Waals surface area contributed by atoms with Crippen molar-refractivity contribution in [2.45, 2.75) is 79.9 Å². The molecule has 0 radical (unpaired) electrons. The molecule has 0 aliphatic carbocycles. The molecule has 4 rings (SSSR count). The third-order valence-electron chi connectivity index (χ3n) is 7.31. The predicted molar refractivity (Wildman–Crippen MR) is 149 cm³/mol. The minimum atomic E-state index is -1.19. The van der Waals surface area contributed by atoms with Crippen molar-refractivity contribution >= 4 is 17.6 Å². The number of carbonyl (C=O) groups is 2. The van der Waals surface area contributed by atoms with Crippen LogP contribution in [0.4, 0.5) is 5.69 Å². The van der Waals surface area contributed by atoms with E-state index in [9.17, 15) is 14.7 Å². The number of amides is 1. The van der Waals surface area contributed by atoms with Gasteiger partial charge in [-0.3, -0.25) is 4.79 Å². The van der Waals surface area contributed by atoms with Crippen molar-refractivity contribution in [3.8, 4) is 22.3 Å². The van der Waals surface area contributed by atoms with Crippen LogP contribution in [0.5, 0.6) is 0 Å². The van der Waals surface area contributed by atoms with Crippen molar-refractivity contribution in [1.82, 2.24) is 0 Å². The molecule has 5 nitrogen and oxygen atoms in total. The molecule has 0 aromatic heterocycles. The van der Waals surface area contributed by atoms with Crippen LogP contribution in [0.3, 0.4) is 0 Å². The second-order valence-electron chi connectivity index (χ2n) is 11.2. The third-order valence-corrected chi connectivity index (χ3v) is 7.31. The van der Waals surface area contributed by atoms with Gasteiger partial charge in [-0.2, -0.15) is 0 Å². The van der Waals surface area contributed by atoms with Gasteiger partial charge in [-0.15, -0.1) is 0 Å². The van der Waals surface area contributed by atoms with Gasteiger partial charge in [0.05, 0.1) is 11.3 Å². The van der Waals surface area contributed by atoms with Crippen molar-refractivity contribution in [2.24, 2.45) is 0 Å². The Labute approximate surface area is 219 Å². The number of aryl methyl sites for hydroxylation is 4. The Morgan fingerprint density at radius 2 is 1.41 bits per heavy atom. The summed E-state index contributed by atoms with van der Waals surface area (Å²) in [5.41, 5.74) is 10.8. The van der Waals surface area contributed by atoms with Crippen molar-refractivity contribution in [3.05, 3.63) is 75.3 Å². The number of ether oxygens (including phenoxy) is 1. The number of carboxylic acid groups (broad SMARTS) is 1. The first-order chi connectivity index (χ1) is 17.3. The highest BCUT2D eigenvalue weighted by Crippen LogP contribution is 2.48. The monoisotopic (exact) mass is 499 g/mol. The molecule has 2 N–H and O–H groups in total. The number of benzene rings is 3. The maximum atomic E-state index is 12.8. The maximum Gasteiger partial charge on any atom is 0.337 e. The average Bonchev–Trinajstić information content (AvgIpc) is 2.80. The lowest BCUT2D eigenvalue weighted by atomic mass is 9.79. The second kappa shape index (κ2) is 9.79. The zero-order valence-electron chi connectivity index (χ0n) is 23.1. The SMILES string of the molecule is Cc1ccc(-c2c(C)c(-c3ccc(C)c(C)c3)c([C@@H](OC(C)(C)C)C(=O)O)c3c2NC(=O)CC3)cc1C. The number of hydrogen-bond donors (Lipinski definition) is 2. The second-order valence-corrected chi connectivity index (χ2v) is 11.2. The molecule has 3 aromatic rings. The summed E-state index contributed by atoms with van der Waals surface area (Å²) >= 11 is 0. The summed E-state index contributed by atoms with van der Waals surface area (Å²) in [5, 5.41) is 13.6.